The first-order valence-electron chi connectivity index (χ1n) is 4.91. The Morgan fingerprint density at radius 2 is 2.47 bits per heavy atom. The predicted molar refractivity (Wildman–Crippen MR) is 53.5 cm³/mol. The molecule has 0 spiro atoms. The number of nitrogens with one attached hydrogen (secondary N) is 1. The second kappa shape index (κ2) is 5.09. The van der Waals surface area contributed by atoms with Crippen molar-refractivity contribution in [1.82, 2.24) is 10.4 Å². The van der Waals surface area contributed by atoms with Gasteiger partial charge in [0.2, 0.25) is 5.91 Å². The van der Waals surface area contributed by atoms with Crippen LogP contribution in [-0.2, 0) is 14.4 Å². The highest BCUT2D eigenvalue weighted by molar-refractivity contribution is 5.84. The fourth-order valence-electron chi connectivity index (χ4n) is 1.60. The molecular formula is C9H17N3O3. The monoisotopic (exact) mass is 215 g/mol. The molecule has 0 aliphatic carbocycles. The Bertz CT molecular complexity index is 257. The predicted octanol–water partition coefficient (Wildman–Crippen LogP) is -1.14. The molecule has 1 fully saturated rings. The van der Waals surface area contributed by atoms with Crippen molar-refractivity contribution < 1.29 is 14.4 Å². The molecule has 0 saturated carbocycles. The van der Waals surface area contributed by atoms with Crippen LogP contribution in [-0.4, -0.2) is 43.6 Å². The topological polar surface area (TPSA) is 84.7 Å². The minimum absolute atomic E-state index is 0.0154. The third kappa shape index (κ3) is 2.90. The molecule has 15 heavy (non-hydrogen) atoms. The van der Waals surface area contributed by atoms with Gasteiger partial charge in [-0.15, -0.1) is 0 Å². The number of hydrogen-bond acceptors (Lipinski definition) is 4. The van der Waals surface area contributed by atoms with E-state index in [4.69, 9.17) is 10.6 Å². The number of hydroxylamine groups is 2. The molecule has 0 aromatic rings. The van der Waals surface area contributed by atoms with Crippen molar-refractivity contribution in [3.63, 3.8) is 0 Å². The van der Waals surface area contributed by atoms with Gasteiger partial charge in [0, 0.05) is 19.5 Å². The van der Waals surface area contributed by atoms with Crippen LogP contribution in [0.15, 0.2) is 0 Å². The van der Waals surface area contributed by atoms with Gasteiger partial charge in [-0.25, -0.2) is 5.06 Å². The maximum absolute atomic E-state index is 11.5. The highest BCUT2D eigenvalue weighted by Crippen LogP contribution is 2.15. The van der Waals surface area contributed by atoms with Gasteiger partial charge in [-0.05, 0) is 12.8 Å². The number of carbonyl (C=O) groups excluding carboxylic acids is 2. The second-order valence-corrected chi connectivity index (χ2v) is 3.64. The van der Waals surface area contributed by atoms with Gasteiger partial charge in [0.15, 0.2) is 0 Å². The van der Waals surface area contributed by atoms with Crippen molar-refractivity contribution in [3.05, 3.63) is 0 Å². The van der Waals surface area contributed by atoms with E-state index in [0.29, 0.717) is 13.0 Å². The molecule has 1 rings (SSSR count). The first-order chi connectivity index (χ1) is 7.06. The zero-order valence-electron chi connectivity index (χ0n) is 9.03. The normalized spacial score (nSPS) is 22.3. The molecule has 1 aliphatic rings. The summed E-state index contributed by atoms with van der Waals surface area (Å²) in [6.45, 7) is 0.671. The molecule has 1 heterocycles. The van der Waals surface area contributed by atoms with Gasteiger partial charge in [0.25, 0.3) is 5.91 Å². The van der Waals surface area contributed by atoms with Crippen molar-refractivity contribution in [2.45, 2.75) is 18.9 Å². The summed E-state index contributed by atoms with van der Waals surface area (Å²) < 4.78 is 0. The van der Waals surface area contributed by atoms with E-state index in [9.17, 15) is 9.59 Å². The number of rotatable bonds is 4. The Balaban J connectivity index is 2.44. The van der Waals surface area contributed by atoms with E-state index in [0.717, 1.165) is 11.5 Å². The molecule has 6 nitrogen and oxygen atoms in total. The van der Waals surface area contributed by atoms with Gasteiger partial charge in [0.05, 0.1) is 13.2 Å². The lowest BCUT2D eigenvalue weighted by atomic mass is 9.98. The van der Waals surface area contributed by atoms with Gasteiger partial charge in [0.1, 0.15) is 0 Å². The fraction of sp³-hybridized carbons (Fsp3) is 0.778. The van der Waals surface area contributed by atoms with E-state index in [1.54, 1.807) is 0 Å². The number of nitrogens with two attached hydrogens (primary N) is 1. The first-order valence-corrected chi connectivity index (χ1v) is 4.91. The van der Waals surface area contributed by atoms with Gasteiger partial charge in [-0.2, -0.15) is 0 Å². The summed E-state index contributed by atoms with van der Waals surface area (Å²) in [5.74, 6) is -0.468. The van der Waals surface area contributed by atoms with E-state index < -0.39 is 6.04 Å². The SMILES string of the molecule is CON(C)C(=O)[C@@H](N)C[C@@H]1CCNC1=O. The van der Waals surface area contributed by atoms with E-state index >= 15 is 0 Å². The van der Waals surface area contributed by atoms with Crippen LogP contribution < -0.4 is 11.1 Å². The van der Waals surface area contributed by atoms with E-state index in [1.165, 1.54) is 14.2 Å². The lowest BCUT2D eigenvalue weighted by Gasteiger charge is -2.19. The largest absolute Gasteiger partial charge is 0.356 e. The number of carbonyl (C=O) groups is 2. The molecule has 0 unspecified atom stereocenters. The summed E-state index contributed by atoms with van der Waals surface area (Å²) in [5, 5.41) is 3.79. The van der Waals surface area contributed by atoms with E-state index in [1.807, 2.05) is 0 Å². The molecule has 1 saturated heterocycles. The zero-order valence-corrected chi connectivity index (χ0v) is 9.03. The molecule has 0 bridgehead atoms. The van der Waals surface area contributed by atoms with Crippen molar-refractivity contribution in [2.75, 3.05) is 20.7 Å². The molecule has 3 N–H and O–H groups in total. The maximum Gasteiger partial charge on any atom is 0.262 e. The van der Waals surface area contributed by atoms with Crippen LogP contribution in [0.1, 0.15) is 12.8 Å². The Labute approximate surface area is 88.7 Å². The smallest absolute Gasteiger partial charge is 0.262 e. The quantitative estimate of drug-likeness (QED) is 0.580. The summed E-state index contributed by atoms with van der Waals surface area (Å²) in [4.78, 5) is 27.5. The van der Waals surface area contributed by atoms with Crippen LogP contribution in [0.5, 0.6) is 0 Å². The van der Waals surface area contributed by atoms with Crippen LogP contribution in [0.2, 0.25) is 0 Å². The third-order valence-corrected chi connectivity index (χ3v) is 2.60. The molecular weight excluding hydrogens is 198 g/mol. The van der Waals surface area contributed by atoms with Crippen LogP contribution in [0, 0.1) is 5.92 Å². The summed E-state index contributed by atoms with van der Waals surface area (Å²) in [6, 6.07) is -0.677. The number of hydrogen-bond donors (Lipinski definition) is 2. The number of likely N-dealkylation sites (N-methyl/N-ethyl adjacent to an activating group) is 1. The number of amides is 2. The fourth-order valence-corrected chi connectivity index (χ4v) is 1.60. The molecule has 2 atom stereocenters. The number of nitrogens with zero attached hydrogens (tertiary/aromatic N) is 1. The van der Waals surface area contributed by atoms with Gasteiger partial charge in [-0.1, -0.05) is 0 Å². The van der Waals surface area contributed by atoms with Crippen molar-refractivity contribution >= 4 is 11.8 Å². The average molecular weight is 215 g/mol. The Kier molecular flexibility index (Phi) is 4.05. The zero-order chi connectivity index (χ0) is 11.4. The highest BCUT2D eigenvalue weighted by atomic mass is 16.7. The van der Waals surface area contributed by atoms with Gasteiger partial charge >= 0.3 is 0 Å². The Hall–Kier alpha value is -1.14. The van der Waals surface area contributed by atoms with Crippen LogP contribution >= 0.6 is 0 Å². The average Bonchev–Trinajstić information content (AvgIpc) is 2.62. The van der Waals surface area contributed by atoms with Crippen molar-refractivity contribution in [2.24, 2.45) is 11.7 Å². The van der Waals surface area contributed by atoms with Crippen LogP contribution in [0.4, 0.5) is 0 Å². The Morgan fingerprint density at radius 3 is 2.93 bits per heavy atom. The van der Waals surface area contributed by atoms with E-state index in [2.05, 4.69) is 5.32 Å². The molecule has 0 radical (unpaired) electrons. The standard InChI is InChI=1S/C9H17N3O3/c1-12(15-2)9(14)7(10)5-6-3-4-11-8(6)13/h6-7H,3-5,10H2,1-2H3,(H,11,13)/t6-,7-/m0/s1. The van der Waals surface area contributed by atoms with E-state index in [-0.39, 0.29) is 17.7 Å². The minimum atomic E-state index is -0.677. The second-order valence-electron chi connectivity index (χ2n) is 3.64. The molecule has 1 aliphatic heterocycles. The summed E-state index contributed by atoms with van der Waals surface area (Å²) in [7, 11) is 2.89. The molecule has 0 aromatic heterocycles. The minimum Gasteiger partial charge on any atom is -0.356 e. The van der Waals surface area contributed by atoms with Crippen LogP contribution in [0.3, 0.4) is 0 Å². The van der Waals surface area contributed by atoms with Gasteiger partial charge < -0.3 is 11.1 Å². The highest BCUT2D eigenvalue weighted by Gasteiger charge is 2.29. The molecule has 2 amide bonds. The molecule has 86 valence electrons. The van der Waals surface area contributed by atoms with Crippen molar-refractivity contribution in [1.29, 1.82) is 0 Å². The lowest BCUT2D eigenvalue weighted by molar-refractivity contribution is -0.170. The van der Waals surface area contributed by atoms with Crippen molar-refractivity contribution in [3.8, 4) is 0 Å². The molecule has 0 aromatic carbocycles. The molecule has 6 heteroatoms. The summed E-state index contributed by atoms with van der Waals surface area (Å²) in [6.07, 6.45) is 1.12. The third-order valence-electron chi connectivity index (χ3n) is 2.60. The first kappa shape index (κ1) is 11.9. The summed E-state index contributed by atoms with van der Waals surface area (Å²) in [5.41, 5.74) is 5.68. The summed E-state index contributed by atoms with van der Waals surface area (Å²) >= 11 is 0. The van der Waals surface area contributed by atoms with Gasteiger partial charge in [-0.3, -0.25) is 14.4 Å². The maximum atomic E-state index is 11.5. The Morgan fingerprint density at radius 1 is 1.80 bits per heavy atom. The van der Waals surface area contributed by atoms with Crippen LogP contribution in [0.25, 0.3) is 0 Å². The lowest BCUT2D eigenvalue weighted by Crippen LogP contribution is -2.43.